The molecule has 0 unspecified atom stereocenters. The van der Waals surface area contributed by atoms with Crippen LogP contribution in [0.3, 0.4) is 0 Å². The van der Waals surface area contributed by atoms with Gasteiger partial charge in [-0.05, 0) is 86.5 Å². The van der Waals surface area contributed by atoms with Gasteiger partial charge in [0.15, 0.2) is 11.6 Å². The highest BCUT2D eigenvalue weighted by Gasteiger charge is 2.63. The third kappa shape index (κ3) is 3.97. The quantitative estimate of drug-likeness (QED) is 0.329. The Morgan fingerprint density at radius 3 is 2.57 bits per heavy atom. The molecule has 1 aromatic rings. The third-order valence-corrected chi connectivity index (χ3v) is 9.82. The van der Waals surface area contributed by atoms with Crippen LogP contribution in [0.4, 0.5) is 0 Å². The highest BCUT2D eigenvalue weighted by molar-refractivity contribution is 5.94. The van der Waals surface area contributed by atoms with Crippen molar-refractivity contribution in [2.45, 2.75) is 83.7 Å². The molecule has 0 bridgehead atoms. The Labute approximate surface area is 210 Å². The molecule has 4 heteroatoms. The highest BCUT2D eigenvalue weighted by atomic mass is 16.5. The van der Waals surface area contributed by atoms with E-state index in [0.717, 1.165) is 57.1 Å². The second-order valence-electron chi connectivity index (χ2n) is 11.5. The van der Waals surface area contributed by atoms with E-state index in [1.165, 1.54) is 16.7 Å². The molecule has 2 fully saturated rings. The lowest BCUT2D eigenvalue weighted by Gasteiger charge is -2.55. The van der Waals surface area contributed by atoms with Crippen LogP contribution >= 0.6 is 0 Å². The fourth-order valence-corrected chi connectivity index (χ4v) is 8.00. The van der Waals surface area contributed by atoms with Gasteiger partial charge in [-0.25, -0.2) is 0 Å². The van der Waals surface area contributed by atoms with Crippen LogP contribution in [-0.2, 0) is 14.3 Å². The van der Waals surface area contributed by atoms with Gasteiger partial charge >= 0.3 is 0 Å². The maximum Gasteiger partial charge on any atom is 0.159 e. The summed E-state index contributed by atoms with van der Waals surface area (Å²) >= 11 is 0. The molecule has 0 N–H and O–H groups in total. The summed E-state index contributed by atoms with van der Waals surface area (Å²) < 4.78 is 12.6. The zero-order valence-corrected chi connectivity index (χ0v) is 21.8. The number of hydrogen-bond acceptors (Lipinski definition) is 4. The fourth-order valence-electron chi connectivity index (χ4n) is 8.00. The van der Waals surface area contributed by atoms with Gasteiger partial charge in [0.05, 0.1) is 12.2 Å². The zero-order chi connectivity index (χ0) is 24.8. The number of methoxy groups -OCH3 is 1. The first-order valence-electron chi connectivity index (χ1n) is 13.5. The third-order valence-electron chi connectivity index (χ3n) is 9.82. The summed E-state index contributed by atoms with van der Waals surface area (Å²) in [6.07, 6.45) is 9.75. The molecule has 0 heterocycles. The van der Waals surface area contributed by atoms with Crippen molar-refractivity contribution in [3.8, 4) is 0 Å². The molecule has 0 aromatic heterocycles. The summed E-state index contributed by atoms with van der Waals surface area (Å²) in [6, 6.07) is 8.30. The van der Waals surface area contributed by atoms with E-state index in [9.17, 15) is 9.59 Å². The first kappa shape index (κ1) is 24.6. The van der Waals surface area contributed by atoms with E-state index in [-0.39, 0.29) is 28.5 Å². The first-order chi connectivity index (χ1) is 16.8. The number of Topliss-reactive ketones (excluding diaryl/α,β-unsaturated/α-hetero) is 1. The number of allylic oxidation sites excluding steroid dienone is 4. The molecular formula is C31H40O4. The Balaban J connectivity index is 1.62. The van der Waals surface area contributed by atoms with Crippen molar-refractivity contribution in [2.75, 3.05) is 20.3 Å². The summed E-state index contributed by atoms with van der Waals surface area (Å²) in [5.41, 5.74) is 6.08. The maximum absolute atomic E-state index is 12.3. The van der Waals surface area contributed by atoms with Crippen LogP contribution in [-0.4, -0.2) is 37.5 Å². The van der Waals surface area contributed by atoms with Gasteiger partial charge in [-0.1, -0.05) is 43.7 Å². The maximum atomic E-state index is 12.3. The zero-order valence-electron chi connectivity index (χ0n) is 21.8. The molecule has 4 aliphatic carbocycles. The SMILES string of the molecule is CCCOC[C@]1(OC)CC[C@H]2[C@@H]3CCC4=CC(=O)CCC4=C3[C@@H](c3ccc(C(C)=O)cc3)C[C@@]21C. The van der Waals surface area contributed by atoms with Crippen molar-refractivity contribution < 1.29 is 19.1 Å². The average Bonchev–Trinajstić information content (AvgIpc) is 3.15. The largest absolute Gasteiger partial charge is 0.378 e. The molecule has 1 aromatic carbocycles. The van der Waals surface area contributed by atoms with E-state index in [4.69, 9.17) is 9.47 Å². The van der Waals surface area contributed by atoms with Crippen molar-refractivity contribution in [2.24, 2.45) is 17.3 Å². The number of ether oxygens (including phenoxy) is 2. The summed E-state index contributed by atoms with van der Waals surface area (Å²) in [5, 5.41) is 0. The van der Waals surface area contributed by atoms with Gasteiger partial charge in [-0.2, -0.15) is 0 Å². The second-order valence-corrected chi connectivity index (χ2v) is 11.5. The minimum Gasteiger partial charge on any atom is -0.378 e. The number of fused-ring (bicyclic) bond motifs is 4. The van der Waals surface area contributed by atoms with Crippen LogP contribution < -0.4 is 0 Å². The van der Waals surface area contributed by atoms with E-state index in [0.29, 0.717) is 24.9 Å². The Kier molecular flexibility index (Phi) is 6.65. The van der Waals surface area contributed by atoms with E-state index >= 15 is 0 Å². The van der Waals surface area contributed by atoms with Crippen LogP contribution in [0.5, 0.6) is 0 Å². The van der Waals surface area contributed by atoms with Crippen molar-refractivity contribution in [1.82, 2.24) is 0 Å². The van der Waals surface area contributed by atoms with Gasteiger partial charge in [0.2, 0.25) is 0 Å². The first-order valence-corrected chi connectivity index (χ1v) is 13.5. The summed E-state index contributed by atoms with van der Waals surface area (Å²) in [4.78, 5) is 24.2. The van der Waals surface area contributed by atoms with Crippen LogP contribution in [0.1, 0.15) is 94.0 Å². The molecule has 0 aliphatic heterocycles. The van der Waals surface area contributed by atoms with Crippen molar-refractivity contribution >= 4 is 11.6 Å². The van der Waals surface area contributed by atoms with E-state index in [1.807, 2.05) is 25.3 Å². The standard InChI is InChI=1S/C31H40O4/c1-5-16-35-19-31(34-4)15-14-28-26-12-10-23-17-24(33)11-13-25(23)29(26)27(18-30(28,31)3)22-8-6-21(7-9-22)20(2)32/h6-9,17,26-28H,5,10-16,18-19H2,1-4H3/t26-,27+,28-,30-,31+/m0/s1. The number of carbonyl (C=O) groups excluding carboxylic acids is 2. The molecule has 0 saturated heterocycles. The van der Waals surface area contributed by atoms with Crippen molar-refractivity contribution in [1.29, 1.82) is 0 Å². The van der Waals surface area contributed by atoms with E-state index < -0.39 is 0 Å². The van der Waals surface area contributed by atoms with E-state index in [1.54, 1.807) is 12.5 Å². The van der Waals surface area contributed by atoms with Crippen molar-refractivity contribution in [3.05, 3.63) is 58.2 Å². The molecule has 2 saturated carbocycles. The summed E-state index contributed by atoms with van der Waals surface area (Å²) in [7, 11) is 1.88. The lowest BCUT2D eigenvalue weighted by molar-refractivity contribution is -0.155. The Morgan fingerprint density at radius 1 is 1.11 bits per heavy atom. The van der Waals surface area contributed by atoms with Crippen LogP contribution in [0.2, 0.25) is 0 Å². The van der Waals surface area contributed by atoms with E-state index in [2.05, 4.69) is 26.0 Å². The van der Waals surface area contributed by atoms with Gasteiger partial charge in [-0.3, -0.25) is 9.59 Å². The topological polar surface area (TPSA) is 52.6 Å². The lowest BCUT2D eigenvalue weighted by Crippen LogP contribution is -2.54. The molecule has 4 aliphatic rings. The molecule has 0 amide bonds. The monoisotopic (exact) mass is 476 g/mol. The molecule has 0 radical (unpaired) electrons. The van der Waals surface area contributed by atoms with Gasteiger partial charge in [0.25, 0.3) is 0 Å². The number of carbonyl (C=O) groups is 2. The molecule has 4 nitrogen and oxygen atoms in total. The minimum absolute atomic E-state index is 0.000163. The average molecular weight is 477 g/mol. The Morgan fingerprint density at radius 2 is 1.89 bits per heavy atom. The smallest absolute Gasteiger partial charge is 0.159 e. The normalized spacial score (nSPS) is 34.2. The molecule has 35 heavy (non-hydrogen) atoms. The fraction of sp³-hybridized carbons (Fsp3) is 0.613. The number of benzene rings is 1. The van der Waals surface area contributed by atoms with Gasteiger partial charge in [0, 0.05) is 37.0 Å². The predicted octanol–water partition coefficient (Wildman–Crippen LogP) is 6.60. The van der Waals surface area contributed by atoms with Gasteiger partial charge in [0.1, 0.15) is 0 Å². The van der Waals surface area contributed by atoms with Crippen LogP contribution in [0.25, 0.3) is 0 Å². The van der Waals surface area contributed by atoms with Crippen molar-refractivity contribution in [3.63, 3.8) is 0 Å². The number of ketones is 2. The molecular weight excluding hydrogens is 436 g/mol. The number of hydrogen-bond donors (Lipinski definition) is 0. The van der Waals surface area contributed by atoms with Gasteiger partial charge < -0.3 is 9.47 Å². The Bertz CT molecular complexity index is 1060. The molecule has 5 rings (SSSR count). The molecule has 0 spiro atoms. The summed E-state index contributed by atoms with van der Waals surface area (Å²) in [6.45, 7) is 7.65. The Hall–Kier alpha value is -2.04. The second kappa shape index (κ2) is 9.44. The van der Waals surface area contributed by atoms with Gasteiger partial charge in [-0.15, -0.1) is 0 Å². The minimum atomic E-state index is -0.279. The number of rotatable bonds is 7. The van der Waals surface area contributed by atoms with Crippen LogP contribution in [0, 0.1) is 17.3 Å². The van der Waals surface area contributed by atoms with Crippen LogP contribution in [0.15, 0.2) is 47.1 Å². The highest BCUT2D eigenvalue weighted by Crippen LogP contribution is 2.67. The molecule has 5 atom stereocenters. The molecule has 188 valence electrons. The summed E-state index contributed by atoms with van der Waals surface area (Å²) in [5.74, 6) is 1.71. The lowest BCUT2D eigenvalue weighted by atomic mass is 9.51. The predicted molar refractivity (Wildman–Crippen MR) is 138 cm³/mol.